The van der Waals surface area contributed by atoms with Gasteiger partial charge < -0.3 is 16.4 Å². The van der Waals surface area contributed by atoms with Gasteiger partial charge in [-0.25, -0.2) is 0 Å². The second-order valence-corrected chi connectivity index (χ2v) is 18.0. The Hall–Kier alpha value is -7.47. The second kappa shape index (κ2) is 16.8. The lowest BCUT2D eigenvalue weighted by Crippen LogP contribution is -2.27. The lowest BCUT2D eigenvalue weighted by Gasteiger charge is -2.17. The van der Waals surface area contributed by atoms with E-state index < -0.39 is 68.4 Å². The van der Waals surface area contributed by atoms with Crippen molar-refractivity contribution in [2.75, 3.05) is 21.8 Å². The Balaban J connectivity index is 1.02. The maximum atomic E-state index is 13.5. The van der Waals surface area contributed by atoms with Crippen molar-refractivity contribution in [3.8, 4) is 0 Å². The van der Waals surface area contributed by atoms with E-state index in [2.05, 4.69) is 31.4 Å². The summed E-state index contributed by atoms with van der Waals surface area (Å²) < 4.78 is 101. The number of hydrogen-bond donors (Lipinski definition) is 7. The first-order valence-electron chi connectivity index (χ1n) is 18.0. The van der Waals surface area contributed by atoms with Crippen LogP contribution in [0.25, 0.3) is 16.8 Å². The smallest absolute Gasteiger partial charge is 0.296 e. The quantitative estimate of drug-likeness (QED) is 0.0297. The normalized spacial score (nSPS) is 13.7. The third-order valence-corrected chi connectivity index (χ3v) is 12.0. The zero-order valence-electron chi connectivity index (χ0n) is 32.2. The molecule has 0 unspecified atom stereocenters. The summed E-state index contributed by atoms with van der Waals surface area (Å²) in [5.41, 5.74) is 10.8. The van der Waals surface area contributed by atoms with Gasteiger partial charge in [-0.2, -0.15) is 40.6 Å². The predicted octanol–water partition coefficient (Wildman–Crippen LogP) is 7.04. The van der Waals surface area contributed by atoms with Crippen molar-refractivity contribution in [1.82, 2.24) is 0 Å². The number of nitrogens with zero attached hydrogens (tertiary/aromatic N) is 3. The van der Waals surface area contributed by atoms with Crippen molar-refractivity contribution >= 4 is 105 Å². The topological polar surface area (TPSA) is 314 Å². The average molecular weight is 910 g/mol. The molecule has 0 bridgehead atoms. The van der Waals surface area contributed by atoms with Crippen molar-refractivity contribution in [1.29, 1.82) is 0 Å². The molecule has 1 aliphatic carbocycles. The molecule has 1 aliphatic rings. The molecule has 320 valence electrons. The highest BCUT2D eigenvalue weighted by molar-refractivity contribution is 7.91. The van der Waals surface area contributed by atoms with Gasteiger partial charge in [0.15, 0.2) is 5.71 Å². The summed E-state index contributed by atoms with van der Waals surface area (Å²) in [6.45, 7) is 1.69. The fraction of sp³-hybridized carbons (Fsp3) is 0.0244. The zero-order valence-corrected chi connectivity index (χ0v) is 34.7. The molecule has 0 heterocycles. The number of fused-ring (bicyclic) bond motifs is 2. The number of allylic oxidation sites excluding steroid dienone is 1. The van der Waals surface area contributed by atoms with Crippen LogP contribution in [0.15, 0.2) is 145 Å². The Bertz CT molecular complexity index is 3350. The number of hydrogen-bond acceptors (Lipinski definition) is 14. The fourth-order valence-corrected chi connectivity index (χ4v) is 8.25. The minimum atomic E-state index is -4.97. The monoisotopic (exact) mass is 909 g/mol. The van der Waals surface area contributed by atoms with Crippen LogP contribution in [0.3, 0.4) is 0 Å². The molecule has 7 rings (SSSR count). The number of amides is 2. The van der Waals surface area contributed by atoms with Crippen LogP contribution in [0, 0.1) is 6.92 Å². The summed E-state index contributed by atoms with van der Waals surface area (Å²) >= 11 is 0. The number of aryl methyl sites for hydroxylation is 1. The SMILES string of the molecule is Cc1cc(NC(=O)c2ccc(N/N=C3\C(=O)c4ccc(NC(=O)c5ccc(N)cc5)cc4C=C3S(=O)(=O)O)cc2)ccc1N=Nc1ccc2cc(S(=O)(=O)O)cc(S(=O)(=O)O)c2c1. The summed E-state index contributed by atoms with van der Waals surface area (Å²) in [7, 11) is -14.7. The van der Waals surface area contributed by atoms with E-state index in [1.807, 2.05) is 0 Å². The lowest BCUT2D eigenvalue weighted by atomic mass is 9.94. The van der Waals surface area contributed by atoms with Gasteiger partial charge in [-0.05, 0) is 139 Å². The predicted molar refractivity (Wildman–Crippen MR) is 233 cm³/mol. The van der Waals surface area contributed by atoms with Crippen LogP contribution >= 0.6 is 0 Å². The standard InChI is InChI=1S/C41H31N7O12S3/c1-22-16-29(13-15-35(22)47-46-31-11-6-25-18-32(61(52,53)54)21-36(34(25)20-31)62(55,56)57)43-41(51)24-4-9-28(10-5-24)45-48-38-37(63(58,59)60)19-26-17-30(12-14-33(26)39(38)49)44-40(50)23-2-7-27(42)8-3-23/h2-21,45H,42H2,1H3,(H,43,51)(H,44,50)(H,52,53,54)(H,55,56,57)(H,58,59,60)/b47-46?,48-38-. The number of benzene rings is 6. The number of rotatable bonds is 11. The molecule has 6 aromatic rings. The van der Waals surface area contributed by atoms with Crippen LogP contribution < -0.4 is 21.8 Å². The first kappa shape index (κ1) is 43.6. The number of ketones is 1. The highest BCUT2D eigenvalue weighted by Crippen LogP contribution is 2.33. The number of carbonyl (C=O) groups excluding carboxylic acids is 3. The van der Waals surface area contributed by atoms with E-state index in [0.29, 0.717) is 34.3 Å². The Labute approximate surface area is 358 Å². The van der Waals surface area contributed by atoms with Crippen molar-refractivity contribution in [3.05, 3.63) is 148 Å². The first-order chi connectivity index (χ1) is 29.6. The Morgan fingerprint density at radius 1 is 0.635 bits per heavy atom. The molecule has 63 heavy (non-hydrogen) atoms. The van der Waals surface area contributed by atoms with E-state index in [1.165, 1.54) is 72.8 Å². The number of azo groups is 1. The number of anilines is 4. The van der Waals surface area contributed by atoms with Crippen LogP contribution in [0.4, 0.5) is 34.1 Å². The van der Waals surface area contributed by atoms with Gasteiger partial charge in [0, 0.05) is 39.1 Å². The molecule has 0 aliphatic heterocycles. The van der Waals surface area contributed by atoms with Gasteiger partial charge in [0.1, 0.15) is 9.80 Å². The maximum Gasteiger partial charge on any atom is 0.296 e. The van der Waals surface area contributed by atoms with Gasteiger partial charge in [-0.15, -0.1) is 0 Å². The molecule has 0 aromatic heterocycles. The van der Waals surface area contributed by atoms with E-state index in [-0.39, 0.29) is 44.5 Å². The van der Waals surface area contributed by atoms with Gasteiger partial charge in [0.05, 0.1) is 22.0 Å². The highest BCUT2D eigenvalue weighted by atomic mass is 32.2. The van der Waals surface area contributed by atoms with Crippen LogP contribution in [-0.2, 0) is 30.4 Å². The number of nitrogens with two attached hydrogens (primary N) is 1. The molecule has 8 N–H and O–H groups in total. The van der Waals surface area contributed by atoms with E-state index in [9.17, 15) is 53.3 Å². The summed E-state index contributed by atoms with van der Waals surface area (Å²) in [6, 6.07) is 26.5. The summed E-state index contributed by atoms with van der Waals surface area (Å²) in [4.78, 5) is 37.0. The Morgan fingerprint density at radius 3 is 1.84 bits per heavy atom. The van der Waals surface area contributed by atoms with Crippen molar-refractivity contribution in [3.63, 3.8) is 0 Å². The number of hydrazone groups is 1. The lowest BCUT2D eigenvalue weighted by molar-refractivity contribution is 0.101. The number of Topliss-reactive ketones (excluding diaryl/α,β-unsaturated/α-hetero) is 1. The molecular weight excluding hydrogens is 879 g/mol. The Kier molecular flexibility index (Phi) is 11.6. The van der Waals surface area contributed by atoms with Gasteiger partial charge in [0.2, 0.25) is 5.78 Å². The number of nitrogen functional groups attached to an aromatic ring is 1. The molecular formula is C41H31N7O12S3. The summed E-state index contributed by atoms with van der Waals surface area (Å²) in [6.07, 6.45) is 1.05. The number of nitrogens with one attached hydrogen (secondary N) is 3. The highest BCUT2D eigenvalue weighted by Gasteiger charge is 2.33. The van der Waals surface area contributed by atoms with Crippen LogP contribution in [0.1, 0.15) is 42.2 Å². The first-order valence-corrected chi connectivity index (χ1v) is 22.3. The van der Waals surface area contributed by atoms with Crippen LogP contribution in [0.2, 0.25) is 0 Å². The van der Waals surface area contributed by atoms with E-state index in [4.69, 9.17) is 5.73 Å². The molecule has 2 amide bonds. The fourth-order valence-electron chi connectivity index (χ4n) is 6.24. The molecule has 0 saturated carbocycles. The van der Waals surface area contributed by atoms with Gasteiger partial charge in [-0.1, -0.05) is 6.07 Å². The largest absolute Gasteiger partial charge is 0.399 e. The molecule has 0 radical (unpaired) electrons. The molecule has 0 fully saturated rings. The van der Waals surface area contributed by atoms with Crippen molar-refractivity contribution in [2.45, 2.75) is 16.7 Å². The summed E-state index contributed by atoms with van der Waals surface area (Å²) in [5, 5.41) is 17.7. The molecule has 22 heteroatoms. The third kappa shape index (κ3) is 9.86. The van der Waals surface area contributed by atoms with Crippen molar-refractivity contribution < 1.29 is 53.3 Å². The number of carbonyl (C=O) groups is 3. The minimum absolute atomic E-state index is 0.0507. The molecule has 0 spiro atoms. The van der Waals surface area contributed by atoms with E-state index in [0.717, 1.165) is 12.1 Å². The summed E-state index contributed by atoms with van der Waals surface area (Å²) in [5.74, 6) is -1.82. The molecule has 6 aromatic carbocycles. The van der Waals surface area contributed by atoms with Crippen LogP contribution in [-0.4, -0.2) is 62.2 Å². The Morgan fingerprint density at radius 2 is 1.24 bits per heavy atom. The zero-order chi connectivity index (χ0) is 45.4. The van der Waals surface area contributed by atoms with Gasteiger partial charge >= 0.3 is 0 Å². The van der Waals surface area contributed by atoms with Crippen LogP contribution in [0.5, 0.6) is 0 Å². The minimum Gasteiger partial charge on any atom is -0.399 e. The van der Waals surface area contributed by atoms with Crippen molar-refractivity contribution in [2.24, 2.45) is 15.3 Å². The van der Waals surface area contributed by atoms with Gasteiger partial charge in [-0.3, -0.25) is 33.5 Å². The molecule has 19 nitrogen and oxygen atoms in total. The second-order valence-electron chi connectivity index (χ2n) is 13.8. The molecule has 0 saturated heterocycles. The third-order valence-electron chi connectivity index (χ3n) is 9.36. The molecule has 0 atom stereocenters. The van der Waals surface area contributed by atoms with E-state index in [1.54, 1.807) is 37.3 Å². The average Bonchev–Trinajstić information content (AvgIpc) is 3.21. The van der Waals surface area contributed by atoms with Gasteiger partial charge in [0.25, 0.3) is 42.2 Å². The van der Waals surface area contributed by atoms with E-state index >= 15 is 0 Å². The maximum absolute atomic E-state index is 13.5.